The topological polar surface area (TPSA) is 45.0 Å². The van der Waals surface area contributed by atoms with Crippen LogP contribution in [0.1, 0.15) is 27.2 Å². The largest absolute Gasteiger partial charge is 0.376 e. The molecule has 0 aromatic heterocycles. The Labute approximate surface area is 74.7 Å². The van der Waals surface area contributed by atoms with Gasteiger partial charge in [0.25, 0.3) is 0 Å². The molecule has 3 heteroatoms. The lowest BCUT2D eigenvalue weighted by Crippen LogP contribution is -2.44. The summed E-state index contributed by atoms with van der Waals surface area (Å²) in [5.41, 5.74) is 0. The summed E-state index contributed by atoms with van der Waals surface area (Å²) in [4.78, 5) is 0. The third kappa shape index (κ3) is 5.11. The van der Waals surface area contributed by atoms with Gasteiger partial charge in [0.2, 0.25) is 0 Å². The van der Waals surface area contributed by atoms with Gasteiger partial charge in [0, 0.05) is 19.0 Å². The molecule has 1 rings (SSSR count). The molecule has 0 aromatic rings. The second-order valence-corrected chi connectivity index (χ2v) is 2.83. The van der Waals surface area contributed by atoms with Gasteiger partial charge in [-0.1, -0.05) is 6.92 Å². The van der Waals surface area contributed by atoms with Crippen LogP contribution in [0.15, 0.2) is 0 Å². The Morgan fingerprint density at radius 2 is 2.17 bits per heavy atom. The number of nitrogens with zero attached hydrogens (tertiary/aromatic N) is 1. The molecule has 0 amide bonds. The van der Waals surface area contributed by atoms with Crippen LogP contribution in [0.25, 0.3) is 0 Å². The Morgan fingerprint density at radius 3 is 2.42 bits per heavy atom. The number of nitriles is 1. The fourth-order valence-electron chi connectivity index (χ4n) is 0.842. The van der Waals surface area contributed by atoms with Crippen LogP contribution in [-0.4, -0.2) is 25.3 Å². The highest BCUT2D eigenvalue weighted by atomic mass is 16.5. The fourth-order valence-corrected chi connectivity index (χ4v) is 0.842. The van der Waals surface area contributed by atoms with Gasteiger partial charge in [-0.15, -0.1) is 0 Å². The van der Waals surface area contributed by atoms with Crippen LogP contribution >= 0.6 is 0 Å². The van der Waals surface area contributed by atoms with E-state index in [1.807, 2.05) is 13.0 Å². The molecule has 1 saturated heterocycles. The quantitative estimate of drug-likeness (QED) is 0.596. The van der Waals surface area contributed by atoms with E-state index < -0.39 is 0 Å². The fraction of sp³-hybridized carbons (Fsp3) is 0.889. The molecule has 0 aromatic carbocycles. The predicted molar refractivity (Wildman–Crippen MR) is 48.8 cm³/mol. The van der Waals surface area contributed by atoms with Crippen molar-refractivity contribution in [2.75, 3.05) is 13.2 Å². The second kappa shape index (κ2) is 7.08. The maximum Gasteiger partial charge on any atom is 0.0697 e. The zero-order valence-electron chi connectivity index (χ0n) is 8.13. The van der Waals surface area contributed by atoms with Crippen molar-refractivity contribution in [2.24, 2.45) is 0 Å². The average Bonchev–Trinajstić information content (AvgIpc) is 2.11. The molecule has 0 bridgehead atoms. The maximum absolute atomic E-state index is 7.62. The zero-order valence-corrected chi connectivity index (χ0v) is 8.13. The minimum absolute atomic E-state index is 0.392. The predicted octanol–water partition coefficient (Wildman–Crippen LogP) is 1.30. The van der Waals surface area contributed by atoms with Crippen LogP contribution in [0.2, 0.25) is 0 Å². The van der Waals surface area contributed by atoms with E-state index in [2.05, 4.69) is 19.2 Å². The number of ether oxygens (including phenoxy) is 1. The Balaban J connectivity index is 0.000000261. The van der Waals surface area contributed by atoms with Crippen molar-refractivity contribution in [2.45, 2.75) is 39.3 Å². The van der Waals surface area contributed by atoms with Crippen LogP contribution in [0.3, 0.4) is 0 Å². The molecule has 1 heterocycles. The molecule has 1 aliphatic rings. The van der Waals surface area contributed by atoms with Gasteiger partial charge in [-0.05, 0) is 13.8 Å². The Kier molecular flexibility index (Phi) is 6.73. The molecule has 1 N–H and O–H groups in total. The number of nitrogens with one attached hydrogen (secondary N) is 1. The molecule has 1 aliphatic heterocycles. The van der Waals surface area contributed by atoms with Crippen LogP contribution in [-0.2, 0) is 4.74 Å². The normalized spacial score (nSPS) is 28.2. The van der Waals surface area contributed by atoms with Crippen molar-refractivity contribution >= 4 is 0 Å². The van der Waals surface area contributed by atoms with Gasteiger partial charge < -0.3 is 10.1 Å². The molecule has 0 aliphatic carbocycles. The molecule has 2 atom stereocenters. The Morgan fingerprint density at radius 1 is 1.58 bits per heavy atom. The maximum atomic E-state index is 7.62. The highest BCUT2D eigenvalue weighted by Crippen LogP contribution is 2.00. The molecule has 0 radical (unpaired) electrons. The molecule has 70 valence electrons. The van der Waals surface area contributed by atoms with Crippen molar-refractivity contribution < 1.29 is 4.74 Å². The van der Waals surface area contributed by atoms with E-state index in [1.165, 1.54) is 0 Å². The highest BCUT2D eigenvalue weighted by Gasteiger charge is 2.15. The van der Waals surface area contributed by atoms with Gasteiger partial charge in [-0.2, -0.15) is 5.26 Å². The average molecular weight is 170 g/mol. The van der Waals surface area contributed by atoms with Crippen molar-refractivity contribution in [1.29, 1.82) is 5.26 Å². The van der Waals surface area contributed by atoms with E-state index in [4.69, 9.17) is 10.00 Å². The monoisotopic (exact) mass is 170 g/mol. The van der Waals surface area contributed by atoms with Gasteiger partial charge in [0.15, 0.2) is 0 Å². The number of morpholine rings is 1. The minimum Gasteiger partial charge on any atom is -0.376 e. The summed E-state index contributed by atoms with van der Waals surface area (Å²) < 4.78 is 5.33. The van der Waals surface area contributed by atoms with E-state index in [1.54, 1.807) is 0 Å². The first-order valence-corrected chi connectivity index (χ1v) is 4.44. The van der Waals surface area contributed by atoms with Crippen LogP contribution < -0.4 is 5.32 Å². The molecule has 0 saturated carbocycles. The summed E-state index contributed by atoms with van der Waals surface area (Å²) in [6.07, 6.45) is 1.02. The summed E-state index contributed by atoms with van der Waals surface area (Å²) in [6.45, 7) is 7.93. The van der Waals surface area contributed by atoms with Crippen LogP contribution in [0.4, 0.5) is 0 Å². The third-order valence-electron chi connectivity index (χ3n) is 1.81. The first kappa shape index (κ1) is 11.4. The summed E-state index contributed by atoms with van der Waals surface area (Å²) in [7, 11) is 0. The Hall–Kier alpha value is -0.590. The van der Waals surface area contributed by atoms with Gasteiger partial charge >= 0.3 is 0 Å². The lowest BCUT2D eigenvalue weighted by molar-refractivity contribution is 0.0135. The van der Waals surface area contributed by atoms with E-state index in [0.29, 0.717) is 18.6 Å². The highest BCUT2D eigenvalue weighted by molar-refractivity contribution is 4.71. The van der Waals surface area contributed by atoms with Crippen molar-refractivity contribution in [3.05, 3.63) is 0 Å². The van der Waals surface area contributed by atoms with Crippen molar-refractivity contribution in [3.8, 4) is 6.07 Å². The SMILES string of the molecule is CC1NCCOC1C.CCC#N. The Bertz CT molecular complexity index is 132. The summed E-state index contributed by atoms with van der Waals surface area (Å²) in [5, 5.41) is 10.9. The molecule has 1 fully saturated rings. The molecular weight excluding hydrogens is 152 g/mol. The van der Waals surface area contributed by atoms with Crippen molar-refractivity contribution in [3.63, 3.8) is 0 Å². The standard InChI is InChI=1S/C6H13NO.C3H5N/c1-5-6(2)8-4-3-7-5;1-2-3-4/h5-7H,3-4H2,1-2H3;2H2,1H3. The molecule has 12 heavy (non-hydrogen) atoms. The summed E-state index contributed by atoms with van der Waals surface area (Å²) in [5.74, 6) is 0. The van der Waals surface area contributed by atoms with E-state index in [9.17, 15) is 0 Å². The summed E-state index contributed by atoms with van der Waals surface area (Å²) >= 11 is 0. The summed E-state index contributed by atoms with van der Waals surface area (Å²) in [6, 6.07) is 2.46. The third-order valence-corrected chi connectivity index (χ3v) is 1.81. The number of hydrogen-bond donors (Lipinski definition) is 1. The molecular formula is C9H18N2O. The smallest absolute Gasteiger partial charge is 0.0697 e. The first-order chi connectivity index (χ1) is 5.72. The molecule has 3 nitrogen and oxygen atoms in total. The molecule has 0 spiro atoms. The second-order valence-electron chi connectivity index (χ2n) is 2.83. The number of rotatable bonds is 0. The van der Waals surface area contributed by atoms with E-state index in [0.717, 1.165) is 13.2 Å². The number of hydrogen-bond acceptors (Lipinski definition) is 3. The lowest BCUT2D eigenvalue weighted by atomic mass is 10.2. The van der Waals surface area contributed by atoms with Gasteiger partial charge in [0.1, 0.15) is 0 Å². The first-order valence-electron chi connectivity index (χ1n) is 4.44. The van der Waals surface area contributed by atoms with Gasteiger partial charge in [-0.25, -0.2) is 0 Å². The van der Waals surface area contributed by atoms with E-state index >= 15 is 0 Å². The lowest BCUT2D eigenvalue weighted by Gasteiger charge is -2.26. The van der Waals surface area contributed by atoms with Crippen LogP contribution in [0, 0.1) is 11.3 Å². The van der Waals surface area contributed by atoms with Gasteiger partial charge in [0.05, 0.1) is 18.8 Å². The zero-order chi connectivity index (χ0) is 9.40. The van der Waals surface area contributed by atoms with Crippen LogP contribution in [0.5, 0.6) is 0 Å². The molecule has 2 unspecified atom stereocenters. The minimum atomic E-state index is 0.392. The van der Waals surface area contributed by atoms with Crippen molar-refractivity contribution in [1.82, 2.24) is 5.32 Å². The van der Waals surface area contributed by atoms with Gasteiger partial charge in [-0.3, -0.25) is 0 Å². The van der Waals surface area contributed by atoms with E-state index in [-0.39, 0.29) is 0 Å².